The van der Waals surface area contributed by atoms with E-state index >= 15 is 0 Å². The molecule has 0 spiro atoms. The van der Waals surface area contributed by atoms with E-state index < -0.39 is 0 Å². The molecule has 0 aliphatic heterocycles. The van der Waals surface area contributed by atoms with E-state index in [0.717, 1.165) is 25.1 Å². The largest absolute Gasteiger partial charge is 0.351 e. The molecule has 0 amide bonds. The average Bonchev–Trinajstić information content (AvgIpc) is 2.99. The molecule has 0 fully saturated rings. The highest BCUT2D eigenvalue weighted by molar-refractivity contribution is 8.00. The van der Waals surface area contributed by atoms with E-state index in [1.54, 1.807) is 4.68 Å². The van der Waals surface area contributed by atoms with E-state index in [-0.39, 0.29) is 4.75 Å². The molecule has 6 heteroatoms. The highest BCUT2D eigenvalue weighted by Gasteiger charge is 2.25. The minimum atomic E-state index is 0.230. The third-order valence-electron chi connectivity index (χ3n) is 3.76. The summed E-state index contributed by atoms with van der Waals surface area (Å²) in [4.78, 5) is 0. The maximum Gasteiger partial charge on any atom is 0.247 e. The quantitative estimate of drug-likeness (QED) is 0.850. The molecule has 1 aromatic heterocycles. The van der Waals surface area contributed by atoms with Gasteiger partial charge in [-0.25, -0.2) is 0 Å². The molecular formula is C14H21N5S. The highest BCUT2D eigenvalue weighted by Crippen LogP contribution is 2.30. The molecule has 0 unspecified atom stereocenters. The van der Waals surface area contributed by atoms with Crippen molar-refractivity contribution in [3.05, 3.63) is 30.3 Å². The van der Waals surface area contributed by atoms with Crippen molar-refractivity contribution in [3.8, 4) is 5.69 Å². The molecule has 1 N–H and O–H groups in total. The molecule has 0 bridgehead atoms. The molecule has 0 aliphatic carbocycles. The van der Waals surface area contributed by atoms with Crippen molar-refractivity contribution in [1.82, 2.24) is 20.2 Å². The molecule has 1 heterocycles. The van der Waals surface area contributed by atoms with Crippen molar-refractivity contribution in [1.29, 1.82) is 0 Å². The van der Waals surface area contributed by atoms with Gasteiger partial charge in [-0.1, -0.05) is 37.1 Å². The maximum atomic E-state index is 4.08. The number of hydrogen-bond donors (Lipinski definition) is 1. The van der Waals surface area contributed by atoms with Gasteiger partial charge in [-0.3, -0.25) is 0 Å². The van der Waals surface area contributed by atoms with Crippen LogP contribution in [0.4, 0.5) is 5.95 Å². The summed E-state index contributed by atoms with van der Waals surface area (Å²) >= 11 is 1.90. The van der Waals surface area contributed by atoms with E-state index in [0.29, 0.717) is 5.95 Å². The molecule has 0 saturated heterocycles. The maximum absolute atomic E-state index is 4.08. The molecular weight excluding hydrogens is 270 g/mol. The Hall–Kier alpha value is -1.56. The third kappa shape index (κ3) is 3.12. The van der Waals surface area contributed by atoms with Gasteiger partial charge in [0.2, 0.25) is 5.95 Å². The van der Waals surface area contributed by atoms with Crippen LogP contribution in [-0.4, -0.2) is 37.8 Å². The van der Waals surface area contributed by atoms with E-state index in [1.807, 2.05) is 42.1 Å². The first-order valence-corrected chi connectivity index (χ1v) is 8.10. The van der Waals surface area contributed by atoms with Crippen LogP contribution >= 0.6 is 11.8 Å². The van der Waals surface area contributed by atoms with Gasteiger partial charge in [-0.15, -0.1) is 0 Å². The summed E-state index contributed by atoms with van der Waals surface area (Å²) in [6.07, 6.45) is 4.39. The Morgan fingerprint density at radius 1 is 1.20 bits per heavy atom. The van der Waals surface area contributed by atoms with Gasteiger partial charge in [0.25, 0.3) is 0 Å². The lowest BCUT2D eigenvalue weighted by Gasteiger charge is -2.29. The van der Waals surface area contributed by atoms with Gasteiger partial charge in [0.1, 0.15) is 0 Å². The van der Waals surface area contributed by atoms with Gasteiger partial charge in [-0.05, 0) is 41.7 Å². The number of tetrazole rings is 1. The molecule has 0 atom stereocenters. The van der Waals surface area contributed by atoms with Crippen molar-refractivity contribution in [2.45, 2.75) is 31.4 Å². The Morgan fingerprint density at radius 2 is 1.90 bits per heavy atom. The second kappa shape index (κ2) is 6.74. The van der Waals surface area contributed by atoms with Crippen LogP contribution in [0.3, 0.4) is 0 Å². The molecule has 0 saturated carbocycles. The van der Waals surface area contributed by atoms with Gasteiger partial charge in [0.05, 0.1) is 5.69 Å². The zero-order valence-electron chi connectivity index (χ0n) is 12.2. The number of nitrogens with one attached hydrogen (secondary N) is 1. The molecule has 20 heavy (non-hydrogen) atoms. The topological polar surface area (TPSA) is 55.6 Å². The summed E-state index contributed by atoms with van der Waals surface area (Å²) in [5.41, 5.74) is 0.961. The van der Waals surface area contributed by atoms with Gasteiger partial charge in [0.15, 0.2) is 0 Å². The van der Waals surface area contributed by atoms with Gasteiger partial charge < -0.3 is 5.32 Å². The van der Waals surface area contributed by atoms with Crippen molar-refractivity contribution in [2.75, 3.05) is 18.1 Å². The molecule has 2 aromatic rings. The van der Waals surface area contributed by atoms with Crippen LogP contribution in [-0.2, 0) is 0 Å². The first kappa shape index (κ1) is 14.8. The number of aromatic nitrogens is 4. The Bertz CT molecular complexity index is 513. The van der Waals surface area contributed by atoms with Gasteiger partial charge in [-0.2, -0.15) is 16.4 Å². The van der Waals surface area contributed by atoms with Crippen LogP contribution in [0.25, 0.3) is 5.69 Å². The Morgan fingerprint density at radius 3 is 2.50 bits per heavy atom. The number of hydrogen-bond acceptors (Lipinski definition) is 5. The Kier molecular flexibility index (Phi) is 5.00. The van der Waals surface area contributed by atoms with Crippen LogP contribution in [0.15, 0.2) is 30.3 Å². The normalized spacial score (nSPS) is 11.6. The number of benzene rings is 1. The summed E-state index contributed by atoms with van der Waals surface area (Å²) in [6.45, 7) is 5.30. The van der Waals surface area contributed by atoms with E-state index in [9.17, 15) is 0 Å². The highest BCUT2D eigenvalue weighted by atomic mass is 32.2. The lowest BCUT2D eigenvalue weighted by atomic mass is 10.0. The second-order valence-corrected chi connectivity index (χ2v) is 5.97. The first-order valence-electron chi connectivity index (χ1n) is 6.87. The summed E-state index contributed by atoms with van der Waals surface area (Å²) < 4.78 is 1.96. The van der Waals surface area contributed by atoms with Crippen molar-refractivity contribution >= 4 is 17.7 Å². The van der Waals surface area contributed by atoms with E-state index in [4.69, 9.17) is 0 Å². The fourth-order valence-corrected chi connectivity index (χ4v) is 2.94. The first-order chi connectivity index (χ1) is 9.74. The Balaban J connectivity index is 2.14. The standard InChI is InChI=1S/C14H21N5S/c1-4-14(5-2,20-3)11-15-13-16-17-18-19(13)12-9-7-6-8-10-12/h6-10H,4-5,11H2,1-3H3,(H,15,16,18). The molecule has 0 radical (unpaired) electrons. The summed E-state index contributed by atoms with van der Waals surface area (Å²) in [5.74, 6) is 0.691. The number of para-hydroxylation sites is 1. The summed E-state index contributed by atoms with van der Waals surface area (Å²) in [7, 11) is 0. The second-order valence-electron chi connectivity index (χ2n) is 4.70. The van der Waals surface area contributed by atoms with Gasteiger partial charge in [0, 0.05) is 11.3 Å². The predicted octanol–water partition coefficient (Wildman–Crippen LogP) is 3.00. The van der Waals surface area contributed by atoms with Crippen molar-refractivity contribution < 1.29 is 0 Å². The van der Waals surface area contributed by atoms with Crippen LogP contribution in [0.2, 0.25) is 0 Å². The molecule has 2 rings (SSSR count). The number of rotatable bonds is 7. The fraction of sp³-hybridized carbons (Fsp3) is 0.500. The van der Waals surface area contributed by atoms with Crippen LogP contribution in [0.5, 0.6) is 0 Å². The molecule has 1 aromatic carbocycles. The zero-order valence-corrected chi connectivity index (χ0v) is 13.0. The fourth-order valence-electron chi connectivity index (χ4n) is 2.14. The monoisotopic (exact) mass is 291 g/mol. The summed E-state index contributed by atoms with van der Waals surface area (Å²) in [5, 5.41) is 15.3. The minimum absolute atomic E-state index is 0.230. The smallest absolute Gasteiger partial charge is 0.247 e. The third-order valence-corrected chi connectivity index (χ3v) is 5.35. The van der Waals surface area contributed by atoms with E-state index in [1.165, 1.54) is 0 Å². The number of anilines is 1. The van der Waals surface area contributed by atoms with E-state index in [2.05, 4.69) is 40.9 Å². The van der Waals surface area contributed by atoms with Crippen molar-refractivity contribution in [3.63, 3.8) is 0 Å². The molecule has 0 aliphatic rings. The predicted molar refractivity (Wildman–Crippen MR) is 84.5 cm³/mol. The minimum Gasteiger partial charge on any atom is -0.351 e. The number of thioether (sulfide) groups is 1. The van der Waals surface area contributed by atoms with Gasteiger partial charge >= 0.3 is 0 Å². The summed E-state index contributed by atoms with van der Waals surface area (Å²) in [6, 6.07) is 9.91. The average molecular weight is 291 g/mol. The SMILES string of the molecule is CCC(CC)(CNc1nnnn1-c1ccccc1)SC. The lowest BCUT2D eigenvalue weighted by Crippen LogP contribution is -2.32. The zero-order chi connectivity index (χ0) is 14.4. The van der Waals surface area contributed by atoms with Crippen molar-refractivity contribution in [2.24, 2.45) is 0 Å². The number of nitrogens with zero attached hydrogens (tertiary/aromatic N) is 4. The molecule has 108 valence electrons. The van der Waals surface area contributed by atoms with Crippen LogP contribution in [0.1, 0.15) is 26.7 Å². The van der Waals surface area contributed by atoms with Crippen LogP contribution < -0.4 is 5.32 Å². The Labute approximate surface area is 124 Å². The molecule has 5 nitrogen and oxygen atoms in total. The lowest BCUT2D eigenvalue weighted by molar-refractivity contribution is 0.572. The van der Waals surface area contributed by atoms with Crippen LogP contribution in [0, 0.1) is 0 Å².